The van der Waals surface area contributed by atoms with Crippen LogP contribution in [0.4, 0.5) is 0 Å². The summed E-state index contributed by atoms with van der Waals surface area (Å²) in [6.07, 6.45) is 1.29. The largest absolute Gasteiger partial charge is 0.372 e. The van der Waals surface area contributed by atoms with Gasteiger partial charge in [-0.3, -0.25) is 4.79 Å². The molecule has 0 saturated carbocycles. The van der Waals surface area contributed by atoms with E-state index < -0.39 is 0 Å². The number of amides is 1. The maximum atomic E-state index is 12.9. The summed E-state index contributed by atoms with van der Waals surface area (Å²) in [5.74, 6) is 1.59. The van der Waals surface area contributed by atoms with E-state index in [1.165, 1.54) is 5.56 Å². The third kappa shape index (κ3) is 5.93. The first-order valence-corrected chi connectivity index (χ1v) is 12.2. The van der Waals surface area contributed by atoms with Crippen LogP contribution < -0.4 is 5.32 Å². The van der Waals surface area contributed by atoms with Crippen molar-refractivity contribution in [3.63, 3.8) is 0 Å². The fourth-order valence-corrected chi connectivity index (χ4v) is 4.82. The van der Waals surface area contributed by atoms with Crippen molar-refractivity contribution in [2.45, 2.75) is 51.9 Å². The van der Waals surface area contributed by atoms with E-state index in [-0.39, 0.29) is 18.1 Å². The molecule has 2 heterocycles. The number of nitrogens with one attached hydrogen (secondary N) is 1. The van der Waals surface area contributed by atoms with Gasteiger partial charge in [0.25, 0.3) is 5.91 Å². The summed E-state index contributed by atoms with van der Waals surface area (Å²) in [5.41, 5.74) is 3.23. The Labute approximate surface area is 197 Å². The topological polar surface area (TPSA) is 57.2 Å². The minimum absolute atomic E-state index is 0.0721. The van der Waals surface area contributed by atoms with E-state index in [0.29, 0.717) is 25.6 Å². The molecule has 2 aromatic carbocycles. The molecule has 3 unspecified atom stereocenters. The summed E-state index contributed by atoms with van der Waals surface area (Å²) in [6, 6.07) is 18.6. The van der Waals surface area contributed by atoms with Gasteiger partial charge in [-0.2, -0.15) is 0 Å². The van der Waals surface area contributed by atoms with Gasteiger partial charge in [-0.15, -0.1) is 0 Å². The van der Waals surface area contributed by atoms with E-state index in [2.05, 4.69) is 47.5 Å². The van der Waals surface area contributed by atoms with Crippen molar-refractivity contribution in [2.24, 2.45) is 4.99 Å². The summed E-state index contributed by atoms with van der Waals surface area (Å²) >= 11 is 0. The summed E-state index contributed by atoms with van der Waals surface area (Å²) in [5, 5.41) is 3.45. The number of carbonyl (C=O) groups excluding carboxylic acids is 1. The lowest BCUT2D eigenvalue weighted by Gasteiger charge is -2.35. The molecular formula is C27H36N4O2. The standard InChI is InChI=1S/C27H36N4O2/c1-4-28-27(30-15-14-25(19-30)23-8-6-5-7-9-23)29-16-22-10-12-24(13-11-22)26(32)31-17-20(2)33-21(3)18-31/h5-13,20-21,25H,4,14-19H2,1-3H3,(H,28,29). The summed E-state index contributed by atoms with van der Waals surface area (Å²) in [7, 11) is 0. The third-order valence-electron chi connectivity index (χ3n) is 6.41. The number of aliphatic imine (C=N–C) groups is 1. The molecule has 2 saturated heterocycles. The molecule has 0 bridgehead atoms. The van der Waals surface area contributed by atoms with E-state index in [1.807, 2.05) is 43.0 Å². The zero-order valence-corrected chi connectivity index (χ0v) is 20.0. The molecule has 33 heavy (non-hydrogen) atoms. The van der Waals surface area contributed by atoms with Gasteiger partial charge >= 0.3 is 0 Å². The molecule has 2 fully saturated rings. The van der Waals surface area contributed by atoms with Crippen LogP contribution in [0.1, 0.15) is 54.6 Å². The predicted molar refractivity (Wildman–Crippen MR) is 133 cm³/mol. The van der Waals surface area contributed by atoms with Crippen LogP contribution in [0.2, 0.25) is 0 Å². The SMILES string of the molecule is CCNC(=NCc1ccc(C(=O)N2CC(C)OC(C)C2)cc1)N1CCC(c2ccccc2)C1. The molecule has 0 radical (unpaired) electrons. The van der Waals surface area contributed by atoms with Gasteiger partial charge in [0.15, 0.2) is 5.96 Å². The van der Waals surface area contributed by atoms with Crippen LogP contribution in [0.5, 0.6) is 0 Å². The number of carbonyl (C=O) groups is 1. The highest BCUT2D eigenvalue weighted by Gasteiger charge is 2.27. The van der Waals surface area contributed by atoms with Crippen LogP contribution in [-0.4, -0.2) is 66.6 Å². The molecule has 0 spiro atoms. The average Bonchev–Trinajstić information content (AvgIpc) is 3.32. The van der Waals surface area contributed by atoms with Gasteiger partial charge < -0.3 is 19.9 Å². The summed E-state index contributed by atoms with van der Waals surface area (Å²) < 4.78 is 5.75. The highest BCUT2D eigenvalue weighted by atomic mass is 16.5. The van der Waals surface area contributed by atoms with Gasteiger partial charge in [0, 0.05) is 44.2 Å². The zero-order valence-electron chi connectivity index (χ0n) is 20.0. The third-order valence-corrected chi connectivity index (χ3v) is 6.41. The average molecular weight is 449 g/mol. The lowest BCUT2D eigenvalue weighted by atomic mass is 9.99. The molecule has 176 valence electrons. The van der Waals surface area contributed by atoms with Gasteiger partial charge in [0.05, 0.1) is 18.8 Å². The Kier molecular flexibility index (Phi) is 7.65. The molecule has 0 aliphatic carbocycles. The number of nitrogens with zero attached hydrogens (tertiary/aromatic N) is 3. The van der Waals surface area contributed by atoms with E-state index in [9.17, 15) is 4.79 Å². The predicted octanol–water partition coefficient (Wildman–Crippen LogP) is 3.89. The zero-order chi connectivity index (χ0) is 23.2. The van der Waals surface area contributed by atoms with E-state index in [0.717, 1.165) is 43.1 Å². The first-order valence-electron chi connectivity index (χ1n) is 12.2. The number of ether oxygens (including phenoxy) is 1. The first-order chi connectivity index (χ1) is 16.0. The second-order valence-corrected chi connectivity index (χ2v) is 9.18. The molecule has 2 aliphatic rings. The Morgan fingerprint density at radius 1 is 1.00 bits per heavy atom. The highest BCUT2D eigenvalue weighted by Crippen LogP contribution is 2.27. The number of likely N-dealkylation sites (tertiary alicyclic amines) is 1. The second-order valence-electron chi connectivity index (χ2n) is 9.18. The quantitative estimate of drug-likeness (QED) is 0.557. The van der Waals surface area contributed by atoms with Crippen molar-refractivity contribution in [3.8, 4) is 0 Å². The maximum Gasteiger partial charge on any atom is 0.254 e. The van der Waals surface area contributed by atoms with E-state index in [1.54, 1.807) is 0 Å². The lowest BCUT2D eigenvalue weighted by molar-refractivity contribution is -0.0586. The van der Waals surface area contributed by atoms with Crippen LogP contribution in [0.15, 0.2) is 59.6 Å². The Morgan fingerprint density at radius 3 is 2.36 bits per heavy atom. The Bertz CT molecular complexity index is 934. The number of hydrogen-bond acceptors (Lipinski definition) is 3. The molecule has 0 aromatic heterocycles. The molecule has 4 rings (SSSR count). The molecule has 2 aliphatic heterocycles. The van der Waals surface area contributed by atoms with Crippen LogP contribution >= 0.6 is 0 Å². The van der Waals surface area contributed by atoms with E-state index in [4.69, 9.17) is 9.73 Å². The van der Waals surface area contributed by atoms with Crippen molar-refractivity contribution in [2.75, 3.05) is 32.7 Å². The highest BCUT2D eigenvalue weighted by molar-refractivity contribution is 5.94. The van der Waals surface area contributed by atoms with Gasteiger partial charge in [-0.05, 0) is 50.5 Å². The minimum Gasteiger partial charge on any atom is -0.372 e. The summed E-state index contributed by atoms with van der Waals surface area (Å²) in [6.45, 7) is 10.8. The molecule has 2 aromatic rings. The fourth-order valence-electron chi connectivity index (χ4n) is 4.82. The Balaban J connectivity index is 1.38. The minimum atomic E-state index is 0.0721. The molecule has 3 atom stereocenters. The summed E-state index contributed by atoms with van der Waals surface area (Å²) in [4.78, 5) is 22.1. The number of morpholine rings is 1. The van der Waals surface area contributed by atoms with Crippen LogP contribution in [-0.2, 0) is 11.3 Å². The lowest BCUT2D eigenvalue weighted by Crippen LogP contribution is -2.48. The number of rotatable bonds is 5. The van der Waals surface area contributed by atoms with Crippen LogP contribution in [0.25, 0.3) is 0 Å². The van der Waals surface area contributed by atoms with Crippen LogP contribution in [0, 0.1) is 0 Å². The van der Waals surface area contributed by atoms with Crippen molar-refractivity contribution in [1.29, 1.82) is 0 Å². The van der Waals surface area contributed by atoms with E-state index >= 15 is 0 Å². The number of benzene rings is 2. The second kappa shape index (κ2) is 10.8. The molecule has 6 heteroatoms. The molecular weight excluding hydrogens is 412 g/mol. The van der Waals surface area contributed by atoms with Crippen molar-refractivity contribution < 1.29 is 9.53 Å². The molecule has 1 N–H and O–H groups in total. The normalized spacial score (nSPS) is 23.6. The smallest absolute Gasteiger partial charge is 0.254 e. The van der Waals surface area contributed by atoms with Crippen molar-refractivity contribution in [3.05, 3.63) is 71.3 Å². The van der Waals surface area contributed by atoms with Gasteiger partial charge in [-0.1, -0.05) is 42.5 Å². The van der Waals surface area contributed by atoms with Gasteiger partial charge in [-0.25, -0.2) is 4.99 Å². The first kappa shape index (κ1) is 23.3. The number of guanidine groups is 1. The van der Waals surface area contributed by atoms with Gasteiger partial charge in [0.2, 0.25) is 0 Å². The molecule has 1 amide bonds. The number of hydrogen-bond donors (Lipinski definition) is 1. The maximum absolute atomic E-state index is 12.9. The molecule has 6 nitrogen and oxygen atoms in total. The van der Waals surface area contributed by atoms with Crippen molar-refractivity contribution >= 4 is 11.9 Å². The van der Waals surface area contributed by atoms with Crippen molar-refractivity contribution in [1.82, 2.24) is 15.1 Å². The van der Waals surface area contributed by atoms with Gasteiger partial charge in [0.1, 0.15) is 0 Å². The fraction of sp³-hybridized carbons (Fsp3) is 0.481. The monoisotopic (exact) mass is 448 g/mol. The Morgan fingerprint density at radius 2 is 1.70 bits per heavy atom. The Hall–Kier alpha value is -2.86. The van der Waals surface area contributed by atoms with Crippen LogP contribution in [0.3, 0.4) is 0 Å².